The lowest BCUT2D eigenvalue weighted by Crippen LogP contribution is -2.15. The molecule has 0 unspecified atom stereocenters. The van der Waals surface area contributed by atoms with Crippen LogP contribution in [0.4, 0.5) is 13.2 Å². The highest BCUT2D eigenvalue weighted by atomic mass is 35.5. The van der Waals surface area contributed by atoms with Crippen LogP contribution in [-0.2, 0) is 6.18 Å². The average Bonchev–Trinajstić information content (AvgIpc) is 2.38. The molecule has 0 fully saturated rings. The molecular weight excluding hydrogens is 309 g/mol. The van der Waals surface area contributed by atoms with Crippen molar-refractivity contribution >= 4 is 23.4 Å². The van der Waals surface area contributed by atoms with Crippen molar-refractivity contribution in [3.8, 4) is 0 Å². The van der Waals surface area contributed by atoms with Crippen molar-refractivity contribution in [2.24, 2.45) is 0 Å². The first-order valence-electron chi connectivity index (χ1n) is 6.51. The minimum atomic E-state index is -4.40. The van der Waals surface area contributed by atoms with E-state index < -0.39 is 11.7 Å². The molecule has 0 radical (unpaired) electrons. The summed E-state index contributed by atoms with van der Waals surface area (Å²) in [5.41, 5.74) is -0.810. The van der Waals surface area contributed by atoms with E-state index in [0.29, 0.717) is 5.03 Å². The molecule has 2 nitrogen and oxygen atoms in total. The SMILES string of the molecule is CCCNCCCCSc1ncc(C(F)(F)F)cc1Cl. The van der Waals surface area contributed by atoms with Crippen LogP contribution < -0.4 is 5.32 Å². The summed E-state index contributed by atoms with van der Waals surface area (Å²) in [6.07, 6.45) is -0.451. The van der Waals surface area contributed by atoms with Crippen LogP contribution in [-0.4, -0.2) is 23.8 Å². The quantitative estimate of drug-likeness (QED) is 0.557. The number of hydrogen-bond acceptors (Lipinski definition) is 3. The molecule has 0 aliphatic rings. The van der Waals surface area contributed by atoms with Crippen LogP contribution in [0.3, 0.4) is 0 Å². The zero-order chi connectivity index (χ0) is 15.0. The Morgan fingerprint density at radius 3 is 2.65 bits per heavy atom. The Kier molecular flexibility index (Phi) is 7.69. The molecule has 1 heterocycles. The summed E-state index contributed by atoms with van der Waals surface area (Å²) in [5.74, 6) is 0.798. The van der Waals surface area contributed by atoms with Gasteiger partial charge in [0.1, 0.15) is 5.03 Å². The Bertz CT molecular complexity index is 413. The second-order valence-electron chi connectivity index (χ2n) is 4.31. The number of aromatic nitrogens is 1. The molecule has 0 spiro atoms. The van der Waals surface area contributed by atoms with E-state index in [1.165, 1.54) is 11.8 Å². The van der Waals surface area contributed by atoms with Gasteiger partial charge in [0.25, 0.3) is 0 Å². The highest BCUT2D eigenvalue weighted by Crippen LogP contribution is 2.33. The van der Waals surface area contributed by atoms with Crippen molar-refractivity contribution in [2.45, 2.75) is 37.4 Å². The average molecular weight is 327 g/mol. The lowest BCUT2D eigenvalue weighted by Gasteiger charge is -2.08. The van der Waals surface area contributed by atoms with E-state index in [4.69, 9.17) is 11.6 Å². The van der Waals surface area contributed by atoms with Gasteiger partial charge in [-0.2, -0.15) is 13.2 Å². The Hall–Kier alpha value is -0.460. The van der Waals surface area contributed by atoms with Gasteiger partial charge in [0.15, 0.2) is 0 Å². The molecule has 1 aromatic heterocycles. The van der Waals surface area contributed by atoms with Crippen LogP contribution in [0.15, 0.2) is 17.3 Å². The summed E-state index contributed by atoms with van der Waals surface area (Å²) in [4.78, 5) is 3.79. The fourth-order valence-electron chi connectivity index (χ4n) is 1.51. The number of thioether (sulfide) groups is 1. The number of rotatable bonds is 8. The normalized spacial score (nSPS) is 11.8. The Balaban J connectivity index is 2.34. The molecule has 0 saturated heterocycles. The fourth-order valence-corrected chi connectivity index (χ4v) is 2.71. The van der Waals surface area contributed by atoms with E-state index in [9.17, 15) is 13.2 Å². The van der Waals surface area contributed by atoms with Crippen LogP contribution in [0, 0.1) is 0 Å². The van der Waals surface area contributed by atoms with E-state index in [1.54, 1.807) is 0 Å². The smallest absolute Gasteiger partial charge is 0.317 e. The minimum Gasteiger partial charge on any atom is -0.317 e. The summed E-state index contributed by atoms with van der Waals surface area (Å²) >= 11 is 7.21. The van der Waals surface area contributed by atoms with Crippen LogP contribution >= 0.6 is 23.4 Å². The summed E-state index contributed by atoms with van der Waals surface area (Å²) < 4.78 is 37.3. The maximum absolute atomic E-state index is 12.4. The van der Waals surface area contributed by atoms with Crippen molar-refractivity contribution in [2.75, 3.05) is 18.8 Å². The van der Waals surface area contributed by atoms with Crippen LogP contribution in [0.5, 0.6) is 0 Å². The number of pyridine rings is 1. The summed E-state index contributed by atoms with van der Waals surface area (Å²) in [5, 5.41) is 3.82. The van der Waals surface area contributed by atoms with Gasteiger partial charge in [-0.15, -0.1) is 11.8 Å². The number of hydrogen-bond donors (Lipinski definition) is 1. The Morgan fingerprint density at radius 1 is 1.30 bits per heavy atom. The standard InChI is InChI=1S/C13H18ClF3N2S/c1-2-5-18-6-3-4-7-20-12-11(14)8-10(9-19-12)13(15,16)17/h8-9,18H,2-7H2,1H3. The molecule has 0 amide bonds. The van der Waals surface area contributed by atoms with Gasteiger partial charge in [0.05, 0.1) is 10.6 Å². The summed E-state index contributed by atoms with van der Waals surface area (Å²) in [7, 11) is 0. The van der Waals surface area contributed by atoms with Gasteiger partial charge in [-0.3, -0.25) is 0 Å². The highest BCUT2D eigenvalue weighted by Gasteiger charge is 2.31. The molecule has 1 rings (SSSR count). The van der Waals surface area contributed by atoms with Crippen molar-refractivity contribution in [1.29, 1.82) is 0 Å². The van der Waals surface area contributed by atoms with Gasteiger partial charge in [-0.05, 0) is 44.2 Å². The number of alkyl halides is 3. The third kappa shape index (κ3) is 6.33. The van der Waals surface area contributed by atoms with E-state index >= 15 is 0 Å². The molecular formula is C13H18ClF3N2S. The second kappa shape index (κ2) is 8.74. The van der Waals surface area contributed by atoms with Crippen LogP contribution in [0.25, 0.3) is 0 Å². The molecule has 114 valence electrons. The first-order valence-corrected chi connectivity index (χ1v) is 7.87. The van der Waals surface area contributed by atoms with Gasteiger partial charge in [0, 0.05) is 6.20 Å². The summed E-state index contributed by atoms with van der Waals surface area (Å²) in [6, 6.07) is 0.930. The van der Waals surface area contributed by atoms with Crippen molar-refractivity contribution in [3.63, 3.8) is 0 Å². The monoisotopic (exact) mass is 326 g/mol. The highest BCUT2D eigenvalue weighted by molar-refractivity contribution is 7.99. The molecule has 0 aliphatic heterocycles. The zero-order valence-corrected chi connectivity index (χ0v) is 12.8. The number of nitrogens with one attached hydrogen (secondary N) is 1. The van der Waals surface area contributed by atoms with E-state index in [0.717, 1.165) is 50.4 Å². The van der Waals surface area contributed by atoms with E-state index in [-0.39, 0.29) is 5.02 Å². The van der Waals surface area contributed by atoms with Crippen molar-refractivity contribution < 1.29 is 13.2 Å². The predicted octanol–water partition coefficient (Wildman–Crippen LogP) is 4.63. The minimum absolute atomic E-state index is 0.0638. The lowest BCUT2D eigenvalue weighted by atomic mass is 10.3. The third-order valence-corrected chi connectivity index (χ3v) is 4.04. The van der Waals surface area contributed by atoms with Crippen LogP contribution in [0.2, 0.25) is 5.02 Å². The first-order chi connectivity index (χ1) is 9.45. The molecule has 0 bridgehead atoms. The molecule has 0 aliphatic carbocycles. The maximum Gasteiger partial charge on any atom is 0.417 e. The second-order valence-corrected chi connectivity index (χ2v) is 5.81. The topological polar surface area (TPSA) is 24.9 Å². The maximum atomic E-state index is 12.4. The van der Waals surface area contributed by atoms with Gasteiger partial charge in [0.2, 0.25) is 0 Å². The molecule has 7 heteroatoms. The number of halogens is 4. The van der Waals surface area contributed by atoms with Gasteiger partial charge in [-0.1, -0.05) is 18.5 Å². The van der Waals surface area contributed by atoms with E-state index in [1.807, 2.05) is 0 Å². The fraction of sp³-hybridized carbons (Fsp3) is 0.615. The molecule has 1 aromatic rings. The van der Waals surface area contributed by atoms with E-state index in [2.05, 4.69) is 17.2 Å². The molecule has 0 atom stereocenters. The van der Waals surface area contributed by atoms with Crippen molar-refractivity contribution in [1.82, 2.24) is 10.3 Å². The largest absolute Gasteiger partial charge is 0.417 e. The summed E-state index contributed by atoms with van der Waals surface area (Å²) in [6.45, 7) is 4.09. The zero-order valence-electron chi connectivity index (χ0n) is 11.3. The van der Waals surface area contributed by atoms with Gasteiger partial charge >= 0.3 is 6.18 Å². The molecule has 0 saturated carbocycles. The Labute approximate surface area is 126 Å². The number of unbranched alkanes of at least 4 members (excludes halogenated alkanes) is 1. The van der Waals surface area contributed by atoms with Crippen LogP contribution in [0.1, 0.15) is 31.7 Å². The van der Waals surface area contributed by atoms with Gasteiger partial charge in [-0.25, -0.2) is 4.98 Å². The molecule has 20 heavy (non-hydrogen) atoms. The Morgan fingerprint density at radius 2 is 2.05 bits per heavy atom. The molecule has 0 aromatic carbocycles. The predicted molar refractivity (Wildman–Crippen MR) is 77.4 cm³/mol. The number of nitrogens with zero attached hydrogens (tertiary/aromatic N) is 1. The third-order valence-electron chi connectivity index (χ3n) is 2.55. The lowest BCUT2D eigenvalue weighted by molar-refractivity contribution is -0.137. The molecule has 1 N–H and O–H groups in total. The van der Waals surface area contributed by atoms with Crippen molar-refractivity contribution in [3.05, 3.63) is 22.8 Å². The first kappa shape index (κ1) is 17.6. The van der Waals surface area contributed by atoms with Gasteiger partial charge < -0.3 is 5.32 Å².